The smallest absolute Gasteiger partial charge is 0.339 e. The fraction of sp³-hybridized carbons (Fsp3) is 0.316. The van der Waals surface area contributed by atoms with Crippen LogP contribution < -0.4 is 9.47 Å². The SMILES string of the molecule is CCOC(=O)c1cc(F)c(CCc2ccc(OC)cc2OC)cc1Br. The van der Waals surface area contributed by atoms with Crippen LogP contribution in [0.3, 0.4) is 0 Å². The number of ether oxygens (including phenoxy) is 3. The van der Waals surface area contributed by atoms with Crippen LogP contribution in [0.2, 0.25) is 0 Å². The Kier molecular flexibility index (Phi) is 6.82. The number of esters is 1. The third kappa shape index (κ3) is 4.72. The van der Waals surface area contributed by atoms with Crippen LogP contribution in [-0.2, 0) is 17.6 Å². The summed E-state index contributed by atoms with van der Waals surface area (Å²) in [5.74, 6) is 0.422. The molecule has 0 fully saturated rings. The molecule has 0 radical (unpaired) electrons. The molecule has 134 valence electrons. The maximum Gasteiger partial charge on any atom is 0.339 e. The Labute approximate surface area is 155 Å². The molecule has 0 amide bonds. The summed E-state index contributed by atoms with van der Waals surface area (Å²) in [6.45, 7) is 1.95. The maximum atomic E-state index is 14.4. The van der Waals surface area contributed by atoms with Gasteiger partial charge in [0.25, 0.3) is 0 Å². The van der Waals surface area contributed by atoms with Gasteiger partial charge in [-0.25, -0.2) is 9.18 Å². The van der Waals surface area contributed by atoms with E-state index >= 15 is 0 Å². The third-order valence-electron chi connectivity index (χ3n) is 3.79. The highest BCUT2D eigenvalue weighted by molar-refractivity contribution is 9.10. The summed E-state index contributed by atoms with van der Waals surface area (Å²) in [7, 11) is 3.18. The summed E-state index contributed by atoms with van der Waals surface area (Å²) >= 11 is 3.32. The van der Waals surface area contributed by atoms with Gasteiger partial charge in [0.15, 0.2) is 0 Å². The average Bonchev–Trinajstić information content (AvgIpc) is 2.62. The zero-order chi connectivity index (χ0) is 18.4. The van der Waals surface area contributed by atoms with Crippen LogP contribution in [0.25, 0.3) is 0 Å². The maximum absolute atomic E-state index is 14.4. The summed E-state index contributed by atoms with van der Waals surface area (Å²) in [5.41, 5.74) is 1.65. The normalized spacial score (nSPS) is 10.4. The van der Waals surface area contributed by atoms with Crippen molar-refractivity contribution in [3.63, 3.8) is 0 Å². The molecule has 0 aliphatic heterocycles. The van der Waals surface area contributed by atoms with Crippen LogP contribution in [0.5, 0.6) is 11.5 Å². The lowest BCUT2D eigenvalue weighted by Gasteiger charge is -2.12. The minimum Gasteiger partial charge on any atom is -0.497 e. The van der Waals surface area contributed by atoms with E-state index in [0.717, 1.165) is 5.56 Å². The molecule has 6 heteroatoms. The summed E-state index contributed by atoms with van der Waals surface area (Å²) < 4.78 is 30.3. The van der Waals surface area contributed by atoms with Crippen molar-refractivity contribution in [1.29, 1.82) is 0 Å². The van der Waals surface area contributed by atoms with E-state index in [1.165, 1.54) is 6.07 Å². The lowest BCUT2D eigenvalue weighted by atomic mass is 10.0. The molecule has 4 nitrogen and oxygen atoms in total. The Bertz CT molecular complexity index is 761. The first-order valence-corrected chi connectivity index (χ1v) is 8.65. The summed E-state index contributed by atoms with van der Waals surface area (Å²) in [5, 5.41) is 0. The molecule has 0 saturated heterocycles. The zero-order valence-corrected chi connectivity index (χ0v) is 16.0. The second kappa shape index (κ2) is 8.85. The van der Waals surface area contributed by atoms with Gasteiger partial charge in [-0.2, -0.15) is 0 Å². The molecule has 25 heavy (non-hydrogen) atoms. The molecular weight excluding hydrogens is 391 g/mol. The first-order valence-electron chi connectivity index (χ1n) is 7.86. The van der Waals surface area contributed by atoms with Gasteiger partial charge >= 0.3 is 5.97 Å². The fourth-order valence-corrected chi connectivity index (χ4v) is 3.03. The van der Waals surface area contributed by atoms with Gasteiger partial charge < -0.3 is 14.2 Å². The number of carbonyl (C=O) groups is 1. The van der Waals surface area contributed by atoms with E-state index in [-0.39, 0.29) is 12.2 Å². The van der Waals surface area contributed by atoms with Crippen molar-refractivity contribution in [3.8, 4) is 11.5 Å². The lowest BCUT2D eigenvalue weighted by molar-refractivity contribution is 0.0524. The van der Waals surface area contributed by atoms with Crippen molar-refractivity contribution < 1.29 is 23.4 Å². The van der Waals surface area contributed by atoms with Gasteiger partial charge in [-0.15, -0.1) is 0 Å². The predicted molar refractivity (Wildman–Crippen MR) is 97.0 cm³/mol. The summed E-state index contributed by atoms with van der Waals surface area (Å²) in [6, 6.07) is 8.37. The number of benzene rings is 2. The van der Waals surface area contributed by atoms with Crippen molar-refractivity contribution >= 4 is 21.9 Å². The van der Waals surface area contributed by atoms with E-state index in [1.54, 1.807) is 33.3 Å². The van der Waals surface area contributed by atoms with E-state index in [2.05, 4.69) is 15.9 Å². The fourth-order valence-electron chi connectivity index (χ4n) is 2.47. The van der Waals surface area contributed by atoms with Crippen molar-refractivity contribution in [2.75, 3.05) is 20.8 Å². The highest BCUT2D eigenvalue weighted by Crippen LogP contribution is 2.27. The largest absolute Gasteiger partial charge is 0.497 e. The van der Waals surface area contributed by atoms with Crippen LogP contribution in [0.4, 0.5) is 4.39 Å². The highest BCUT2D eigenvalue weighted by atomic mass is 79.9. The predicted octanol–water partition coefficient (Wildman–Crippen LogP) is 4.57. The van der Waals surface area contributed by atoms with E-state index in [4.69, 9.17) is 14.2 Å². The molecule has 0 spiro atoms. The van der Waals surface area contributed by atoms with Gasteiger partial charge in [0, 0.05) is 10.5 Å². The second-order valence-electron chi connectivity index (χ2n) is 5.32. The molecule has 0 saturated carbocycles. The first-order chi connectivity index (χ1) is 12.0. The van der Waals surface area contributed by atoms with Crippen LogP contribution in [0.15, 0.2) is 34.8 Å². The van der Waals surface area contributed by atoms with Gasteiger partial charge in [0.1, 0.15) is 17.3 Å². The minimum atomic E-state index is -0.545. The van der Waals surface area contributed by atoms with Crippen LogP contribution >= 0.6 is 15.9 Å². The minimum absolute atomic E-state index is 0.185. The molecule has 0 bridgehead atoms. The molecule has 0 aromatic heterocycles. The lowest BCUT2D eigenvalue weighted by Crippen LogP contribution is -2.07. The molecule has 2 aromatic rings. The Balaban J connectivity index is 2.19. The van der Waals surface area contributed by atoms with Crippen LogP contribution in [0, 0.1) is 5.82 Å². The van der Waals surface area contributed by atoms with E-state index in [1.807, 2.05) is 12.1 Å². The number of halogens is 2. The van der Waals surface area contributed by atoms with Gasteiger partial charge in [0.2, 0.25) is 0 Å². The first kappa shape index (κ1) is 19.2. The van der Waals surface area contributed by atoms with Gasteiger partial charge in [-0.1, -0.05) is 6.07 Å². The molecule has 0 heterocycles. The van der Waals surface area contributed by atoms with Crippen molar-refractivity contribution in [3.05, 3.63) is 57.3 Å². The zero-order valence-electron chi connectivity index (χ0n) is 14.4. The number of aryl methyl sites for hydroxylation is 2. The summed E-state index contributed by atoms with van der Waals surface area (Å²) in [6.07, 6.45) is 1.06. The number of hydrogen-bond donors (Lipinski definition) is 0. The number of hydrogen-bond acceptors (Lipinski definition) is 4. The Morgan fingerprint density at radius 1 is 1.08 bits per heavy atom. The molecule has 0 unspecified atom stereocenters. The number of carbonyl (C=O) groups excluding carboxylic acids is 1. The van der Waals surface area contributed by atoms with Gasteiger partial charge in [-0.3, -0.25) is 0 Å². The quantitative estimate of drug-likeness (QED) is 0.627. The van der Waals surface area contributed by atoms with E-state index in [9.17, 15) is 9.18 Å². The standard InChI is InChI=1S/C19H20BrFO4/c1-4-25-19(22)15-11-17(21)13(9-16(15)20)6-5-12-7-8-14(23-2)10-18(12)24-3/h7-11H,4-6H2,1-3H3. The Morgan fingerprint density at radius 3 is 2.44 bits per heavy atom. The molecule has 0 N–H and O–H groups in total. The molecule has 0 aliphatic rings. The monoisotopic (exact) mass is 410 g/mol. The van der Waals surface area contributed by atoms with Gasteiger partial charge in [0.05, 0.1) is 26.4 Å². The van der Waals surface area contributed by atoms with Crippen molar-refractivity contribution in [1.82, 2.24) is 0 Å². The van der Waals surface area contributed by atoms with Gasteiger partial charge in [-0.05, 0) is 65.0 Å². The van der Waals surface area contributed by atoms with Crippen LogP contribution in [-0.4, -0.2) is 26.8 Å². The topological polar surface area (TPSA) is 44.8 Å². The Hall–Kier alpha value is -2.08. The molecule has 2 aromatic carbocycles. The number of rotatable bonds is 7. The van der Waals surface area contributed by atoms with E-state index in [0.29, 0.717) is 34.4 Å². The molecule has 2 rings (SSSR count). The Morgan fingerprint density at radius 2 is 1.80 bits per heavy atom. The average molecular weight is 411 g/mol. The van der Waals surface area contributed by atoms with Crippen LogP contribution in [0.1, 0.15) is 28.4 Å². The van der Waals surface area contributed by atoms with E-state index < -0.39 is 11.8 Å². The second-order valence-corrected chi connectivity index (χ2v) is 6.18. The summed E-state index contributed by atoms with van der Waals surface area (Å²) in [4.78, 5) is 11.8. The molecule has 0 aliphatic carbocycles. The molecular formula is C19H20BrFO4. The van der Waals surface area contributed by atoms with Crippen molar-refractivity contribution in [2.24, 2.45) is 0 Å². The highest BCUT2D eigenvalue weighted by Gasteiger charge is 2.16. The molecule has 0 atom stereocenters. The van der Waals surface area contributed by atoms with Crippen molar-refractivity contribution in [2.45, 2.75) is 19.8 Å². The third-order valence-corrected chi connectivity index (χ3v) is 4.45. The number of methoxy groups -OCH3 is 2.